The molecule has 156 valence electrons. The zero-order valence-corrected chi connectivity index (χ0v) is 17.9. The number of anilines is 2. The lowest BCUT2D eigenvalue weighted by Crippen LogP contribution is -2.23. The highest BCUT2D eigenvalue weighted by molar-refractivity contribution is 7.14. The Hall–Kier alpha value is -2.68. The first kappa shape index (κ1) is 22.0. The maximum Gasteiger partial charge on any atom is 0.344 e. The van der Waals surface area contributed by atoms with Crippen LogP contribution in [-0.4, -0.2) is 23.5 Å². The molecule has 0 N–H and O–H groups in total. The lowest BCUT2D eigenvalue weighted by atomic mass is 10.3. The van der Waals surface area contributed by atoms with E-state index in [1.165, 1.54) is 31.2 Å². The summed E-state index contributed by atoms with van der Waals surface area (Å²) in [5, 5.41) is 2.61. The molecule has 3 rings (SSSR count). The highest BCUT2D eigenvalue weighted by Gasteiger charge is 2.21. The van der Waals surface area contributed by atoms with Crippen LogP contribution in [0.25, 0.3) is 0 Å². The first-order chi connectivity index (χ1) is 14.3. The van der Waals surface area contributed by atoms with Gasteiger partial charge in [0.25, 0.3) is 0 Å². The third-order valence-corrected chi connectivity index (χ3v) is 5.16. The number of rotatable bonds is 7. The number of thiazole rings is 1. The van der Waals surface area contributed by atoms with Crippen molar-refractivity contribution in [1.29, 1.82) is 0 Å². The van der Waals surface area contributed by atoms with Gasteiger partial charge in [-0.15, -0.1) is 11.3 Å². The van der Waals surface area contributed by atoms with Crippen LogP contribution in [0.5, 0.6) is 5.75 Å². The predicted octanol–water partition coefficient (Wildman–Crippen LogP) is 5.40. The van der Waals surface area contributed by atoms with Gasteiger partial charge in [0.1, 0.15) is 18.2 Å². The number of halogens is 3. The second kappa shape index (κ2) is 9.88. The Morgan fingerprint density at radius 2 is 1.97 bits per heavy atom. The molecule has 1 heterocycles. The molecule has 1 aromatic heterocycles. The molecule has 30 heavy (non-hydrogen) atoms. The van der Waals surface area contributed by atoms with Crippen molar-refractivity contribution in [2.75, 3.05) is 11.5 Å². The largest absolute Gasteiger partial charge is 0.480 e. The summed E-state index contributed by atoms with van der Waals surface area (Å²) in [6.45, 7) is 0.829. The summed E-state index contributed by atoms with van der Waals surface area (Å²) in [7, 11) is 0. The zero-order chi connectivity index (χ0) is 21.7. The van der Waals surface area contributed by atoms with Crippen molar-refractivity contribution in [3.05, 3.63) is 69.4 Å². The van der Waals surface area contributed by atoms with Crippen LogP contribution in [0.3, 0.4) is 0 Å². The molecule has 3 aromatic rings. The van der Waals surface area contributed by atoms with Crippen LogP contribution in [0.15, 0.2) is 47.8 Å². The number of amides is 1. The summed E-state index contributed by atoms with van der Waals surface area (Å²) in [4.78, 5) is 29.4. The summed E-state index contributed by atoms with van der Waals surface area (Å²) in [6, 6.07) is 10.5. The van der Waals surface area contributed by atoms with Gasteiger partial charge < -0.3 is 9.47 Å². The highest BCUT2D eigenvalue weighted by Crippen LogP contribution is 2.31. The maximum atomic E-state index is 14.1. The van der Waals surface area contributed by atoms with Gasteiger partial charge in [0.15, 0.2) is 11.7 Å². The van der Waals surface area contributed by atoms with Gasteiger partial charge in [0.05, 0.1) is 16.4 Å². The fourth-order valence-corrected chi connectivity index (χ4v) is 3.76. The molecule has 0 unspecified atom stereocenters. The van der Waals surface area contributed by atoms with E-state index < -0.39 is 17.7 Å². The van der Waals surface area contributed by atoms with Crippen LogP contribution in [0, 0.1) is 5.82 Å². The van der Waals surface area contributed by atoms with Gasteiger partial charge in [-0.25, -0.2) is 14.2 Å². The van der Waals surface area contributed by atoms with Crippen LogP contribution < -0.4 is 9.64 Å². The molecule has 6 nitrogen and oxygen atoms in total. The van der Waals surface area contributed by atoms with Crippen LogP contribution in [0.2, 0.25) is 10.0 Å². The van der Waals surface area contributed by atoms with E-state index in [0.29, 0.717) is 16.5 Å². The first-order valence-electron chi connectivity index (χ1n) is 8.58. The maximum absolute atomic E-state index is 14.1. The van der Waals surface area contributed by atoms with Gasteiger partial charge in [-0.1, -0.05) is 35.3 Å². The quantitative estimate of drug-likeness (QED) is 0.434. The van der Waals surface area contributed by atoms with Gasteiger partial charge in [-0.2, -0.15) is 0 Å². The summed E-state index contributed by atoms with van der Waals surface area (Å²) in [5.41, 5.74) is 0.506. The minimum atomic E-state index is -0.631. The molecule has 0 aliphatic rings. The fourth-order valence-electron chi connectivity index (χ4n) is 2.43. The van der Waals surface area contributed by atoms with Crippen molar-refractivity contribution in [3.63, 3.8) is 0 Å². The second-order valence-corrected chi connectivity index (χ2v) is 7.63. The zero-order valence-electron chi connectivity index (χ0n) is 15.6. The lowest BCUT2D eigenvalue weighted by molar-refractivity contribution is -0.147. The standard InChI is InChI=1S/C20H15Cl2FN2O4S/c1-12(26)25(17-5-3-2-4-16(17)23)20-24-14(11-30-20)9-29-19(27)10-28-18-7-6-13(21)8-15(18)22/h2-8,11H,9-10H2,1H3. The van der Waals surface area contributed by atoms with Crippen molar-refractivity contribution in [1.82, 2.24) is 4.98 Å². The number of nitrogens with zero attached hydrogens (tertiary/aromatic N) is 2. The SMILES string of the molecule is CC(=O)N(c1nc(COC(=O)COc2ccc(Cl)cc2Cl)cs1)c1ccccc1F. The predicted molar refractivity (Wildman–Crippen MR) is 113 cm³/mol. The number of carbonyl (C=O) groups is 2. The third-order valence-electron chi connectivity index (χ3n) is 3.76. The topological polar surface area (TPSA) is 68.7 Å². The van der Waals surface area contributed by atoms with Crippen LogP contribution in [0.1, 0.15) is 12.6 Å². The summed E-state index contributed by atoms with van der Waals surface area (Å²) >= 11 is 12.9. The average Bonchev–Trinajstić information content (AvgIpc) is 3.15. The Morgan fingerprint density at radius 1 is 1.20 bits per heavy atom. The monoisotopic (exact) mass is 468 g/mol. The average molecular weight is 469 g/mol. The summed E-state index contributed by atoms with van der Waals surface area (Å²) in [6.07, 6.45) is 0. The van der Waals surface area contributed by atoms with Crippen molar-refractivity contribution in [3.8, 4) is 5.75 Å². The molecule has 0 radical (unpaired) electrons. The first-order valence-corrected chi connectivity index (χ1v) is 10.2. The summed E-state index contributed by atoms with van der Waals surface area (Å²) < 4.78 is 24.5. The Kier molecular flexibility index (Phi) is 7.25. The number of benzene rings is 2. The molecular weight excluding hydrogens is 454 g/mol. The van der Waals surface area contributed by atoms with E-state index in [1.54, 1.807) is 23.6 Å². The van der Waals surface area contributed by atoms with Crippen LogP contribution >= 0.6 is 34.5 Å². The lowest BCUT2D eigenvalue weighted by Gasteiger charge is -2.18. The van der Waals surface area contributed by atoms with Crippen molar-refractivity contribution in [2.45, 2.75) is 13.5 Å². The number of hydrogen-bond acceptors (Lipinski definition) is 6. The van der Waals surface area contributed by atoms with E-state index in [4.69, 9.17) is 32.7 Å². The number of carbonyl (C=O) groups excluding carboxylic acids is 2. The molecule has 2 aromatic carbocycles. The molecule has 1 amide bonds. The van der Waals surface area contributed by atoms with Crippen LogP contribution in [-0.2, 0) is 20.9 Å². The van der Waals surface area contributed by atoms with Gasteiger partial charge in [0, 0.05) is 17.3 Å². The van der Waals surface area contributed by atoms with Crippen molar-refractivity contribution < 1.29 is 23.5 Å². The van der Waals surface area contributed by atoms with E-state index in [2.05, 4.69) is 4.98 Å². The minimum Gasteiger partial charge on any atom is -0.480 e. The smallest absolute Gasteiger partial charge is 0.344 e. The van der Waals surface area contributed by atoms with Gasteiger partial charge in [-0.05, 0) is 30.3 Å². The Labute approximate surface area is 185 Å². The Balaban J connectivity index is 1.60. The normalized spacial score (nSPS) is 10.5. The van der Waals surface area contributed by atoms with Crippen molar-refractivity contribution in [2.24, 2.45) is 0 Å². The third kappa shape index (κ3) is 5.47. The van der Waals surface area contributed by atoms with E-state index in [-0.39, 0.29) is 29.1 Å². The molecule has 0 aliphatic heterocycles. The number of hydrogen-bond donors (Lipinski definition) is 0. The molecule has 0 saturated heterocycles. The number of aromatic nitrogens is 1. The highest BCUT2D eigenvalue weighted by atomic mass is 35.5. The molecule has 0 fully saturated rings. The number of esters is 1. The van der Waals surface area contributed by atoms with Gasteiger partial charge in [0.2, 0.25) is 5.91 Å². The molecule has 10 heteroatoms. The van der Waals surface area contributed by atoms with E-state index in [1.807, 2.05) is 0 Å². The Bertz CT molecular complexity index is 1080. The van der Waals surface area contributed by atoms with Crippen LogP contribution in [0.4, 0.5) is 15.2 Å². The molecule has 0 spiro atoms. The molecule has 0 saturated carbocycles. The van der Waals surface area contributed by atoms with Gasteiger partial charge in [-0.3, -0.25) is 9.69 Å². The number of ether oxygens (including phenoxy) is 2. The molecule has 0 aliphatic carbocycles. The number of para-hydroxylation sites is 1. The fraction of sp³-hybridized carbons (Fsp3) is 0.150. The molecule has 0 bridgehead atoms. The second-order valence-electron chi connectivity index (χ2n) is 5.95. The van der Waals surface area contributed by atoms with E-state index >= 15 is 0 Å². The molecular formula is C20H15Cl2FN2O4S. The molecule has 0 atom stereocenters. The van der Waals surface area contributed by atoms with Crippen molar-refractivity contribution >= 4 is 57.2 Å². The van der Waals surface area contributed by atoms with Gasteiger partial charge >= 0.3 is 5.97 Å². The van der Waals surface area contributed by atoms with E-state index in [9.17, 15) is 14.0 Å². The summed E-state index contributed by atoms with van der Waals surface area (Å²) in [5.74, 6) is -1.27. The van der Waals surface area contributed by atoms with E-state index in [0.717, 1.165) is 16.2 Å². The minimum absolute atomic E-state index is 0.0936. The Morgan fingerprint density at radius 3 is 2.67 bits per heavy atom.